The number of benzene rings is 4. The summed E-state index contributed by atoms with van der Waals surface area (Å²) in [4.78, 5) is 33.5. The van der Waals surface area contributed by atoms with E-state index in [0.717, 1.165) is 16.7 Å². The number of aliphatic imine (C=N–C) groups is 1. The topological polar surface area (TPSA) is 113 Å². The Bertz CT molecular complexity index is 2110. The van der Waals surface area contributed by atoms with Gasteiger partial charge in [-0.3, -0.25) is 14.3 Å². The van der Waals surface area contributed by atoms with Gasteiger partial charge in [0.1, 0.15) is 11.2 Å². The molecule has 1 aliphatic heterocycles. The second-order valence-electron chi connectivity index (χ2n) is 11.9. The number of nitrogens with one attached hydrogen (secondary N) is 2. The molecule has 9 nitrogen and oxygen atoms in total. The number of aryl methyl sites for hydroxylation is 1. The van der Waals surface area contributed by atoms with Crippen LogP contribution in [0.15, 0.2) is 168 Å². The van der Waals surface area contributed by atoms with Crippen LogP contribution in [0.4, 0.5) is 5.69 Å². The predicted molar refractivity (Wildman–Crippen MR) is 198 cm³/mol. The molecule has 50 heavy (non-hydrogen) atoms. The standard InChI is InChI=1S/C40H37N5O4S/c1-4-35(41-28-46)37-30(3)42-39(44-29(2)25-26-36(38(44)47)43-50(48,49)27-31-17-9-5-10-18-31)45(37)40(32-19-11-6-12-20-32,33-21-13-7-14-22-33)34-23-15-8-16-24-34/h4-26,28,35,37,43H,1,3,27H2,2H3,(H,41,46). The minimum atomic E-state index is -3.98. The minimum Gasteiger partial charge on any atom is -0.350 e. The van der Waals surface area contributed by atoms with Crippen molar-refractivity contribution < 1.29 is 13.2 Å². The predicted octanol–water partition coefficient (Wildman–Crippen LogP) is 5.79. The number of anilines is 1. The van der Waals surface area contributed by atoms with E-state index in [0.29, 0.717) is 23.4 Å². The van der Waals surface area contributed by atoms with E-state index in [-0.39, 0.29) is 17.4 Å². The highest BCUT2D eigenvalue weighted by atomic mass is 32.2. The first-order chi connectivity index (χ1) is 24.2. The van der Waals surface area contributed by atoms with E-state index < -0.39 is 33.2 Å². The third kappa shape index (κ3) is 6.28. The number of nitrogens with zero attached hydrogens (tertiary/aromatic N) is 3. The normalized spacial score (nSPS) is 15.2. The number of hydrogen-bond acceptors (Lipinski definition) is 6. The summed E-state index contributed by atoms with van der Waals surface area (Å²) in [7, 11) is -3.98. The number of amides is 1. The molecule has 0 radical (unpaired) electrons. The highest BCUT2D eigenvalue weighted by molar-refractivity contribution is 7.91. The first kappa shape index (κ1) is 33.9. The first-order valence-corrected chi connectivity index (χ1v) is 17.7. The average molecular weight is 684 g/mol. The Labute approximate surface area is 292 Å². The van der Waals surface area contributed by atoms with E-state index >= 15 is 0 Å². The maximum absolute atomic E-state index is 14.6. The van der Waals surface area contributed by atoms with E-state index in [1.165, 1.54) is 10.6 Å². The number of carbonyl (C=O) groups is 1. The third-order valence-electron chi connectivity index (χ3n) is 8.81. The van der Waals surface area contributed by atoms with Crippen molar-refractivity contribution >= 4 is 28.1 Å². The molecule has 0 saturated heterocycles. The molecule has 1 aliphatic rings. The minimum absolute atomic E-state index is 0.140. The van der Waals surface area contributed by atoms with Gasteiger partial charge in [0.15, 0.2) is 0 Å². The zero-order valence-electron chi connectivity index (χ0n) is 27.5. The van der Waals surface area contributed by atoms with Gasteiger partial charge < -0.3 is 10.2 Å². The van der Waals surface area contributed by atoms with Crippen LogP contribution < -0.4 is 15.6 Å². The zero-order chi connectivity index (χ0) is 35.3. The lowest BCUT2D eigenvalue weighted by molar-refractivity contribution is -0.110. The molecule has 10 heteroatoms. The lowest BCUT2D eigenvalue weighted by Crippen LogP contribution is -2.61. The monoisotopic (exact) mass is 683 g/mol. The van der Waals surface area contributed by atoms with E-state index in [4.69, 9.17) is 4.99 Å². The molecule has 2 N–H and O–H groups in total. The highest BCUT2D eigenvalue weighted by Gasteiger charge is 2.52. The van der Waals surface area contributed by atoms with Crippen LogP contribution in [-0.2, 0) is 26.1 Å². The summed E-state index contributed by atoms with van der Waals surface area (Å²) in [5.74, 6) is -0.118. The molecule has 5 aromatic rings. The number of hydrogen-bond donors (Lipinski definition) is 2. The van der Waals surface area contributed by atoms with E-state index in [2.05, 4.69) is 23.2 Å². The number of aromatic nitrogens is 1. The molecule has 1 aromatic heterocycles. The van der Waals surface area contributed by atoms with Crippen LogP contribution in [0.2, 0.25) is 0 Å². The van der Waals surface area contributed by atoms with Gasteiger partial charge >= 0.3 is 0 Å². The van der Waals surface area contributed by atoms with Gasteiger partial charge in [0.25, 0.3) is 5.56 Å². The van der Waals surface area contributed by atoms with E-state index in [9.17, 15) is 18.0 Å². The molecule has 2 unspecified atom stereocenters. The Morgan fingerprint density at radius 1 is 0.820 bits per heavy atom. The lowest BCUT2D eigenvalue weighted by atomic mass is 9.74. The summed E-state index contributed by atoms with van der Waals surface area (Å²) in [6.45, 7) is 10.1. The Hall–Kier alpha value is -6.00. The molecule has 0 saturated carbocycles. The Morgan fingerprint density at radius 3 is 1.80 bits per heavy atom. The van der Waals surface area contributed by atoms with E-state index in [1.54, 1.807) is 49.4 Å². The van der Waals surface area contributed by atoms with Crippen molar-refractivity contribution in [2.75, 3.05) is 4.72 Å². The van der Waals surface area contributed by atoms with Crippen LogP contribution in [0.25, 0.3) is 0 Å². The maximum Gasteiger partial charge on any atom is 0.281 e. The molecule has 1 amide bonds. The molecule has 0 spiro atoms. The van der Waals surface area contributed by atoms with Crippen molar-refractivity contribution in [2.24, 2.45) is 4.99 Å². The smallest absolute Gasteiger partial charge is 0.281 e. The molecule has 6 rings (SSSR count). The van der Waals surface area contributed by atoms with Gasteiger partial charge in [-0.25, -0.2) is 18.0 Å². The highest BCUT2D eigenvalue weighted by Crippen LogP contribution is 2.47. The van der Waals surface area contributed by atoms with Crippen LogP contribution in [0, 0.1) is 6.92 Å². The molecular formula is C40H37N5O4S. The van der Waals surface area contributed by atoms with Crippen molar-refractivity contribution in [2.45, 2.75) is 30.3 Å². The summed E-state index contributed by atoms with van der Waals surface area (Å²) < 4.78 is 30.6. The van der Waals surface area contributed by atoms with Crippen molar-refractivity contribution in [3.05, 3.63) is 197 Å². The van der Waals surface area contributed by atoms with Crippen molar-refractivity contribution in [1.82, 2.24) is 14.8 Å². The molecule has 2 heterocycles. The van der Waals surface area contributed by atoms with Gasteiger partial charge in [-0.1, -0.05) is 134 Å². The molecule has 0 aliphatic carbocycles. The summed E-state index contributed by atoms with van der Waals surface area (Å²) in [6.07, 6.45) is 2.22. The molecule has 4 aromatic carbocycles. The second-order valence-corrected chi connectivity index (χ2v) is 13.7. The Balaban J connectivity index is 1.64. The van der Waals surface area contributed by atoms with Crippen LogP contribution in [0.5, 0.6) is 0 Å². The summed E-state index contributed by atoms with van der Waals surface area (Å²) in [5.41, 5.74) is 2.08. The summed E-state index contributed by atoms with van der Waals surface area (Å²) in [5, 5.41) is 2.87. The van der Waals surface area contributed by atoms with Crippen molar-refractivity contribution in [3.63, 3.8) is 0 Å². The first-order valence-electron chi connectivity index (χ1n) is 16.0. The van der Waals surface area contributed by atoms with Crippen LogP contribution in [0.1, 0.15) is 27.9 Å². The SMILES string of the molecule is C=CC(NC=O)C1C(=C)N=C(n2c(C)ccc(NS(=O)(=O)Cc3ccccc3)c2=O)N1C(c1ccccc1)(c1ccccc1)c1ccccc1. The van der Waals surface area contributed by atoms with Crippen LogP contribution in [-0.4, -0.2) is 42.3 Å². The Morgan fingerprint density at radius 2 is 1.32 bits per heavy atom. The van der Waals surface area contributed by atoms with Crippen molar-refractivity contribution in [3.8, 4) is 0 Å². The molecule has 252 valence electrons. The molecular weight excluding hydrogens is 647 g/mol. The van der Waals surface area contributed by atoms with Crippen LogP contribution in [0.3, 0.4) is 0 Å². The van der Waals surface area contributed by atoms with Gasteiger partial charge in [0.05, 0.1) is 23.5 Å². The lowest BCUT2D eigenvalue weighted by Gasteiger charge is -2.49. The average Bonchev–Trinajstić information content (AvgIpc) is 3.46. The fraction of sp³-hybridized carbons (Fsp3) is 0.125. The number of carbonyl (C=O) groups excluding carboxylic acids is 1. The van der Waals surface area contributed by atoms with Gasteiger partial charge in [-0.15, -0.1) is 6.58 Å². The zero-order valence-corrected chi connectivity index (χ0v) is 28.3. The molecule has 2 atom stereocenters. The quantitative estimate of drug-likeness (QED) is 0.0982. The number of sulfonamides is 1. The summed E-state index contributed by atoms with van der Waals surface area (Å²) >= 11 is 0. The van der Waals surface area contributed by atoms with Crippen LogP contribution >= 0.6 is 0 Å². The molecule has 0 fully saturated rings. The van der Waals surface area contributed by atoms with Gasteiger partial charge in [-0.05, 0) is 41.3 Å². The summed E-state index contributed by atoms with van der Waals surface area (Å²) in [6, 6.07) is 40.0. The fourth-order valence-corrected chi connectivity index (χ4v) is 7.88. The van der Waals surface area contributed by atoms with Gasteiger partial charge in [0.2, 0.25) is 22.4 Å². The maximum atomic E-state index is 14.6. The van der Waals surface area contributed by atoms with Gasteiger partial charge in [0, 0.05) is 5.69 Å². The van der Waals surface area contributed by atoms with Gasteiger partial charge in [-0.2, -0.15) is 0 Å². The Kier molecular flexibility index (Phi) is 9.65. The molecule has 0 bridgehead atoms. The van der Waals surface area contributed by atoms with Crippen molar-refractivity contribution in [1.29, 1.82) is 0 Å². The van der Waals surface area contributed by atoms with E-state index in [1.807, 2.05) is 95.9 Å². The third-order valence-corrected chi connectivity index (χ3v) is 10.1. The fourth-order valence-electron chi connectivity index (χ4n) is 6.68. The second kappa shape index (κ2) is 14.2. The largest absolute Gasteiger partial charge is 0.350 e. The number of rotatable bonds is 12. The number of pyridine rings is 1.